The number of nitrogens with one attached hydrogen (secondary N) is 4. The van der Waals surface area contributed by atoms with Crippen LogP contribution in [-0.4, -0.2) is 19.9 Å². The minimum absolute atomic E-state index is 0.0124. The monoisotopic (exact) mass is 260 g/mol. The molecule has 0 amide bonds. The molecule has 2 heterocycles. The molecule has 0 atom stereocenters. The van der Waals surface area contributed by atoms with Crippen molar-refractivity contribution in [3.8, 4) is 0 Å². The summed E-state index contributed by atoms with van der Waals surface area (Å²) in [5.41, 5.74) is 38.5. The molecular weight excluding hydrogens is 250 g/mol. The van der Waals surface area contributed by atoms with Crippen LogP contribution < -0.4 is 39.7 Å². The SMILES string of the molecule is [NH]c1nc(Nc2c(N)nc(N)nc2N)nc([NH])c1[NH]. The molecule has 3 radical (unpaired) electrons. The van der Waals surface area contributed by atoms with Gasteiger partial charge in [-0.05, 0) is 0 Å². The zero-order valence-corrected chi connectivity index (χ0v) is 9.52. The minimum Gasteiger partial charge on any atom is -0.382 e. The lowest BCUT2D eigenvalue weighted by Gasteiger charge is -2.10. The highest BCUT2D eigenvalue weighted by atomic mass is 15.2. The molecule has 0 aromatic carbocycles. The van der Waals surface area contributed by atoms with Crippen molar-refractivity contribution in [2.45, 2.75) is 0 Å². The van der Waals surface area contributed by atoms with Gasteiger partial charge in [0.15, 0.2) is 23.3 Å². The second-order valence-electron chi connectivity index (χ2n) is 3.47. The van der Waals surface area contributed by atoms with Gasteiger partial charge in [0.25, 0.3) is 0 Å². The summed E-state index contributed by atoms with van der Waals surface area (Å²) in [6.45, 7) is 0. The molecule has 0 saturated heterocycles. The summed E-state index contributed by atoms with van der Waals surface area (Å²) in [4.78, 5) is 14.8. The van der Waals surface area contributed by atoms with E-state index in [1.807, 2.05) is 0 Å². The topological polar surface area (TPSA) is 213 Å². The number of nitrogen functional groups attached to an aromatic ring is 3. The van der Waals surface area contributed by atoms with Crippen molar-refractivity contribution in [1.82, 2.24) is 37.1 Å². The van der Waals surface area contributed by atoms with Crippen molar-refractivity contribution in [2.24, 2.45) is 0 Å². The van der Waals surface area contributed by atoms with Crippen molar-refractivity contribution in [3.63, 3.8) is 0 Å². The normalized spacial score (nSPS) is 10.3. The van der Waals surface area contributed by atoms with E-state index in [0.717, 1.165) is 0 Å². The van der Waals surface area contributed by atoms with Crippen LogP contribution in [0.1, 0.15) is 0 Å². The number of nitrogens with two attached hydrogens (primary N) is 3. The number of aromatic nitrogens is 4. The molecule has 0 spiro atoms. The van der Waals surface area contributed by atoms with Crippen LogP contribution in [0, 0.1) is 0 Å². The fourth-order valence-electron chi connectivity index (χ4n) is 1.27. The molecule has 19 heavy (non-hydrogen) atoms. The lowest BCUT2D eigenvalue weighted by atomic mass is 10.4. The number of anilines is 5. The van der Waals surface area contributed by atoms with Gasteiger partial charge < -0.3 is 22.5 Å². The molecule has 11 nitrogen and oxygen atoms in total. The first-order valence-electron chi connectivity index (χ1n) is 4.90. The molecule has 0 saturated carbocycles. The van der Waals surface area contributed by atoms with E-state index >= 15 is 0 Å². The zero-order chi connectivity index (χ0) is 14.2. The van der Waals surface area contributed by atoms with Gasteiger partial charge in [0.1, 0.15) is 11.4 Å². The Kier molecular flexibility index (Phi) is 2.71. The summed E-state index contributed by atoms with van der Waals surface area (Å²) < 4.78 is 0. The highest BCUT2D eigenvalue weighted by Gasteiger charge is 2.13. The largest absolute Gasteiger partial charge is 0.382 e. The van der Waals surface area contributed by atoms with E-state index in [-0.39, 0.29) is 34.9 Å². The van der Waals surface area contributed by atoms with E-state index < -0.39 is 11.6 Å². The van der Waals surface area contributed by atoms with Gasteiger partial charge in [-0.3, -0.25) is 17.2 Å². The van der Waals surface area contributed by atoms with Crippen LogP contribution in [0.3, 0.4) is 0 Å². The van der Waals surface area contributed by atoms with Gasteiger partial charge in [-0.25, -0.2) is 0 Å². The molecule has 2 rings (SSSR count). The van der Waals surface area contributed by atoms with Crippen LogP contribution in [0.25, 0.3) is 0 Å². The molecule has 0 fully saturated rings. The average molecular weight is 260 g/mol. The third-order valence-corrected chi connectivity index (χ3v) is 2.13. The fraction of sp³-hybridized carbons (Fsp3) is 0. The summed E-state index contributed by atoms with van der Waals surface area (Å²) in [5, 5.41) is 2.60. The lowest BCUT2D eigenvalue weighted by molar-refractivity contribution is 1.10. The Bertz CT molecular complexity index is 591. The van der Waals surface area contributed by atoms with Crippen LogP contribution in [-0.2, 0) is 0 Å². The smallest absolute Gasteiger partial charge is 0.231 e. The van der Waals surface area contributed by atoms with Gasteiger partial charge in [0.2, 0.25) is 11.9 Å². The Morgan fingerprint density at radius 2 is 1.26 bits per heavy atom. The zero-order valence-electron chi connectivity index (χ0n) is 9.52. The Morgan fingerprint density at radius 1 is 0.789 bits per heavy atom. The van der Waals surface area contributed by atoms with Crippen molar-refractivity contribution < 1.29 is 0 Å². The highest BCUT2D eigenvalue weighted by Crippen LogP contribution is 2.29. The van der Waals surface area contributed by atoms with Gasteiger partial charge >= 0.3 is 0 Å². The van der Waals surface area contributed by atoms with Crippen LogP contribution >= 0.6 is 0 Å². The number of nitrogens with zero attached hydrogens (tertiary/aromatic N) is 4. The Balaban J connectivity index is 2.42. The highest BCUT2D eigenvalue weighted by molar-refractivity contribution is 5.79. The van der Waals surface area contributed by atoms with Gasteiger partial charge in [-0.1, -0.05) is 0 Å². The van der Waals surface area contributed by atoms with Gasteiger partial charge in [0.05, 0.1) is 0 Å². The summed E-state index contributed by atoms with van der Waals surface area (Å²) in [5.74, 6) is -0.988. The first kappa shape index (κ1) is 12.2. The third kappa shape index (κ3) is 2.24. The molecule has 0 aliphatic carbocycles. The average Bonchev–Trinajstić information content (AvgIpc) is 2.30. The van der Waals surface area contributed by atoms with Crippen molar-refractivity contribution in [1.29, 1.82) is 0 Å². The summed E-state index contributed by atoms with van der Waals surface area (Å²) in [6, 6.07) is 0. The van der Waals surface area contributed by atoms with E-state index in [4.69, 9.17) is 34.4 Å². The predicted octanol–water partition coefficient (Wildman–Crippen LogP) is -0.500. The number of rotatable bonds is 2. The van der Waals surface area contributed by atoms with Crippen LogP contribution in [0.15, 0.2) is 0 Å². The fourth-order valence-corrected chi connectivity index (χ4v) is 1.27. The minimum atomic E-state index is -0.393. The molecule has 0 unspecified atom stereocenters. The number of hydrogen-bond acceptors (Lipinski definition) is 8. The molecule has 11 heteroatoms. The van der Waals surface area contributed by atoms with Crippen LogP contribution in [0.4, 0.5) is 46.5 Å². The maximum Gasteiger partial charge on any atom is 0.231 e. The van der Waals surface area contributed by atoms with E-state index in [1.54, 1.807) is 0 Å². The summed E-state index contributed by atoms with van der Waals surface area (Å²) in [6.07, 6.45) is 0. The molecule has 97 valence electrons. The maximum atomic E-state index is 7.40. The van der Waals surface area contributed by atoms with Crippen molar-refractivity contribution >= 4 is 46.5 Å². The van der Waals surface area contributed by atoms with Crippen LogP contribution in [0.5, 0.6) is 0 Å². The molecule has 2 aromatic rings. The predicted molar refractivity (Wildman–Crippen MR) is 68.9 cm³/mol. The van der Waals surface area contributed by atoms with E-state index in [0.29, 0.717) is 0 Å². The maximum absolute atomic E-state index is 7.40. The summed E-state index contributed by atoms with van der Waals surface area (Å²) in [7, 11) is 0. The van der Waals surface area contributed by atoms with Crippen LogP contribution in [0.2, 0.25) is 0 Å². The first-order chi connectivity index (χ1) is 8.88. The molecule has 0 aliphatic rings. The van der Waals surface area contributed by atoms with Crippen molar-refractivity contribution in [3.05, 3.63) is 0 Å². The van der Waals surface area contributed by atoms with E-state index in [1.165, 1.54) is 0 Å². The Labute approximate surface area is 107 Å². The van der Waals surface area contributed by atoms with Gasteiger partial charge in [-0.15, -0.1) is 0 Å². The standard InChI is InChI=1S/C8H10N11/c9-1-3(10)18-8(19-4(1)11)15-2-5(12)16-7(14)17-6(2)13/h9-11H,(H,15,18,19)(H6,12,13,14,16,17). The second kappa shape index (κ2) is 4.21. The first-order valence-corrected chi connectivity index (χ1v) is 4.90. The lowest BCUT2D eigenvalue weighted by Crippen LogP contribution is -2.09. The van der Waals surface area contributed by atoms with Gasteiger partial charge in [-0.2, -0.15) is 19.9 Å². The molecule has 0 aliphatic heterocycles. The van der Waals surface area contributed by atoms with E-state index in [9.17, 15) is 0 Å². The molecule has 2 aromatic heterocycles. The second-order valence-corrected chi connectivity index (χ2v) is 3.47. The quantitative estimate of drug-likeness (QED) is 0.550. The molecule has 0 bridgehead atoms. The molecule has 10 N–H and O–H groups in total. The Morgan fingerprint density at radius 3 is 1.74 bits per heavy atom. The van der Waals surface area contributed by atoms with Crippen molar-refractivity contribution in [2.75, 3.05) is 22.5 Å². The Hall–Kier alpha value is -3.24. The third-order valence-electron chi connectivity index (χ3n) is 2.13. The number of hydrogen-bond donors (Lipinski definition) is 4. The van der Waals surface area contributed by atoms with E-state index in [2.05, 4.69) is 25.3 Å². The summed E-state index contributed by atoms with van der Waals surface area (Å²) >= 11 is 0. The molecular formula is C8H10N11. The van der Waals surface area contributed by atoms with Gasteiger partial charge in [0, 0.05) is 0 Å².